The summed E-state index contributed by atoms with van der Waals surface area (Å²) in [6.07, 6.45) is 11.0. The molecule has 2 aromatic rings. The molecule has 1 aromatic heterocycles. The molecule has 1 fully saturated rings. The van der Waals surface area contributed by atoms with Crippen molar-refractivity contribution in [3.63, 3.8) is 0 Å². The van der Waals surface area contributed by atoms with Gasteiger partial charge in [-0.2, -0.15) is 11.8 Å². The molecule has 3 nitrogen and oxygen atoms in total. The zero-order valence-electron chi connectivity index (χ0n) is 11.8. The lowest BCUT2D eigenvalue weighted by Gasteiger charge is -2.29. The maximum Gasteiger partial charge on any atom is 0.0439 e. The molecule has 0 amide bonds. The predicted molar refractivity (Wildman–Crippen MR) is 89.3 cm³/mol. The fourth-order valence-electron chi connectivity index (χ4n) is 3.00. The van der Waals surface area contributed by atoms with Crippen LogP contribution in [0, 0.1) is 0 Å². The molecule has 1 aliphatic rings. The van der Waals surface area contributed by atoms with Crippen molar-refractivity contribution in [3.05, 3.63) is 30.6 Å². The number of anilines is 2. The standard InChI is InChI=1S/C16H21N3S/c1-20-12-4-2-11(3-5-12)19-16-7-6-15(17)13-8-9-18-10-14(13)16/h6-12,19H,2-5,17H2,1H3. The van der Waals surface area contributed by atoms with Gasteiger partial charge in [-0.25, -0.2) is 0 Å². The van der Waals surface area contributed by atoms with Crippen molar-refractivity contribution in [1.29, 1.82) is 0 Å². The second kappa shape index (κ2) is 5.92. The maximum atomic E-state index is 6.04. The predicted octanol–water partition coefficient (Wildman–Crippen LogP) is 3.90. The SMILES string of the molecule is CSC1CCC(Nc2ccc(N)c3ccncc23)CC1. The van der Waals surface area contributed by atoms with Gasteiger partial charge in [-0.15, -0.1) is 0 Å². The topological polar surface area (TPSA) is 50.9 Å². The lowest BCUT2D eigenvalue weighted by Crippen LogP contribution is -2.27. The first-order valence-electron chi connectivity index (χ1n) is 7.19. The van der Waals surface area contributed by atoms with Crippen LogP contribution in [0.4, 0.5) is 11.4 Å². The number of pyridine rings is 1. The third-order valence-electron chi connectivity index (χ3n) is 4.22. The van der Waals surface area contributed by atoms with Crippen molar-refractivity contribution < 1.29 is 0 Å². The molecule has 0 saturated heterocycles. The van der Waals surface area contributed by atoms with Gasteiger partial charge in [-0.05, 0) is 50.1 Å². The smallest absolute Gasteiger partial charge is 0.0439 e. The Morgan fingerprint density at radius 1 is 1.15 bits per heavy atom. The fraction of sp³-hybridized carbons (Fsp3) is 0.438. The van der Waals surface area contributed by atoms with Gasteiger partial charge in [-0.3, -0.25) is 4.98 Å². The second-order valence-electron chi connectivity index (χ2n) is 5.48. The molecule has 3 N–H and O–H groups in total. The number of hydrogen-bond donors (Lipinski definition) is 2. The molecule has 3 rings (SSSR count). The molecule has 1 saturated carbocycles. The summed E-state index contributed by atoms with van der Waals surface area (Å²) >= 11 is 2.00. The number of rotatable bonds is 3. The first-order chi connectivity index (χ1) is 9.78. The highest BCUT2D eigenvalue weighted by atomic mass is 32.2. The van der Waals surface area contributed by atoms with E-state index in [9.17, 15) is 0 Å². The number of hydrogen-bond acceptors (Lipinski definition) is 4. The summed E-state index contributed by atoms with van der Waals surface area (Å²) in [5.41, 5.74) is 8.02. The summed E-state index contributed by atoms with van der Waals surface area (Å²) in [5.74, 6) is 0. The van der Waals surface area contributed by atoms with Gasteiger partial charge in [-0.1, -0.05) is 0 Å². The van der Waals surface area contributed by atoms with Gasteiger partial charge < -0.3 is 11.1 Å². The Balaban J connectivity index is 1.80. The normalized spacial score (nSPS) is 22.9. The van der Waals surface area contributed by atoms with E-state index < -0.39 is 0 Å². The van der Waals surface area contributed by atoms with Crippen molar-refractivity contribution in [2.75, 3.05) is 17.3 Å². The van der Waals surface area contributed by atoms with Crippen molar-refractivity contribution in [2.45, 2.75) is 37.0 Å². The van der Waals surface area contributed by atoms with E-state index in [1.54, 1.807) is 6.20 Å². The molecule has 106 valence electrons. The molecule has 0 atom stereocenters. The minimum atomic E-state index is 0.574. The molecule has 0 bridgehead atoms. The van der Waals surface area contributed by atoms with Crippen molar-refractivity contribution >= 4 is 33.9 Å². The van der Waals surface area contributed by atoms with Crippen LogP contribution in [-0.4, -0.2) is 22.5 Å². The Labute approximate surface area is 124 Å². The van der Waals surface area contributed by atoms with E-state index in [-0.39, 0.29) is 0 Å². The van der Waals surface area contributed by atoms with Crippen molar-refractivity contribution in [1.82, 2.24) is 4.98 Å². The highest BCUT2D eigenvalue weighted by Gasteiger charge is 2.20. The molecule has 1 aromatic carbocycles. The Hall–Kier alpha value is -1.42. The van der Waals surface area contributed by atoms with E-state index in [4.69, 9.17) is 5.73 Å². The first kappa shape index (κ1) is 13.6. The summed E-state index contributed by atoms with van der Waals surface area (Å²) in [7, 11) is 0. The number of nitrogens with two attached hydrogens (primary N) is 1. The quantitative estimate of drug-likeness (QED) is 0.841. The van der Waals surface area contributed by atoms with Crippen LogP contribution in [0.2, 0.25) is 0 Å². The third-order valence-corrected chi connectivity index (χ3v) is 5.36. The summed E-state index contributed by atoms with van der Waals surface area (Å²) in [4.78, 5) is 4.23. The Morgan fingerprint density at radius 3 is 2.70 bits per heavy atom. The highest BCUT2D eigenvalue weighted by molar-refractivity contribution is 7.99. The van der Waals surface area contributed by atoms with Gasteiger partial charge in [0.05, 0.1) is 0 Å². The van der Waals surface area contributed by atoms with Gasteiger partial charge >= 0.3 is 0 Å². The number of nitrogens with zero attached hydrogens (tertiary/aromatic N) is 1. The molecule has 1 heterocycles. The number of nitrogen functional groups attached to an aromatic ring is 1. The van der Waals surface area contributed by atoms with Gasteiger partial charge in [0.15, 0.2) is 0 Å². The molecule has 0 radical (unpaired) electrons. The van der Waals surface area contributed by atoms with Gasteiger partial charge in [0.2, 0.25) is 0 Å². The van der Waals surface area contributed by atoms with Crippen LogP contribution in [0.15, 0.2) is 30.6 Å². The zero-order valence-corrected chi connectivity index (χ0v) is 12.6. The van der Waals surface area contributed by atoms with Crippen LogP contribution in [-0.2, 0) is 0 Å². The monoisotopic (exact) mass is 287 g/mol. The largest absolute Gasteiger partial charge is 0.398 e. The summed E-state index contributed by atoms with van der Waals surface area (Å²) in [6, 6.07) is 6.63. The van der Waals surface area contributed by atoms with E-state index in [0.717, 1.165) is 27.4 Å². The van der Waals surface area contributed by atoms with E-state index >= 15 is 0 Å². The van der Waals surface area contributed by atoms with Crippen LogP contribution in [0.5, 0.6) is 0 Å². The number of thioether (sulfide) groups is 1. The van der Waals surface area contributed by atoms with Crippen LogP contribution < -0.4 is 11.1 Å². The molecule has 1 aliphatic carbocycles. The Bertz CT molecular complexity index is 591. The number of benzene rings is 1. The van der Waals surface area contributed by atoms with Crippen molar-refractivity contribution in [2.24, 2.45) is 0 Å². The molecule has 0 spiro atoms. The molecule has 0 aliphatic heterocycles. The minimum absolute atomic E-state index is 0.574. The van der Waals surface area contributed by atoms with E-state index in [1.807, 2.05) is 30.1 Å². The van der Waals surface area contributed by atoms with Gasteiger partial charge in [0.25, 0.3) is 0 Å². The summed E-state index contributed by atoms with van der Waals surface area (Å²) < 4.78 is 0. The van der Waals surface area contributed by atoms with E-state index in [0.29, 0.717) is 6.04 Å². The number of fused-ring (bicyclic) bond motifs is 1. The fourth-order valence-corrected chi connectivity index (χ4v) is 3.75. The average Bonchev–Trinajstić information content (AvgIpc) is 2.51. The van der Waals surface area contributed by atoms with Gasteiger partial charge in [0, 0.05) is 45.8 Å². The highest BCUT2D eigenvalue weighted by Crippen LogP contribution is 2.32. The Morgan fingerprint density at radius 2 is 1.95 bits per heavy atom. The van der Waals surface area contributed by atoms with Gasteiger partial charge in [0.1, 0.15) is 0 Å². The molecule has 0 unspecified atom stereocenters. The van der Waals surface area contributed by atoms with Crippen molar-refractivity contribution in [3.8, 4) is 0 Å². The molecule has 20 heavy (non-hydrogen) atoms. The molecular weight excluding hydrogens is 266 g/mol. The maximum absolute atomic E-state index is 6.04. The third kappa shape index (κ3) is 2.70. The minimum Gasteiger partial charge on any atom is -0.398 e. The zero-order chi connectivity index (χ0) is 13.9. The summed E-state index contributed by atoms with van der Waals surface area (Å²) in [6.45, 7) is 0. The number of nitrogens with one attached hydrogen (secondary N) is 1. The van der Waals surface area contributed by atoms with Crippen LogP contribution in [0.3, 0.4) is 0 Å². The van der Waals surface area contributed by atoms with Crippen LogP contribution in [0.25, 0.3) is 10.8 Å². The lowest BCUT2D eigenvalue weighted by atomic mass is 9.94. The number of aromatic nitrogens is 1. The van der Waals surface area contributed by atoms with E-state index in [2.05, 4.69) is 22.6 Å². The Kier molecular flexibility index (Phi) is 4.01. The van der Waals surface area contributed by atoms with Crippen LogP contribution in [0.1, 0.15) is 25.7 Å². The average molecular weight is 287 g/mol. The second-order valence-corrected chi connectivity index (χ2v) is 6.62. The first-order valence-corrected chi connectivity index (χ1v) is 8.48. The van der Waals surface area contributed by atoms with E-state index in [1.165, 1.54) is 25.7 Å². The molecule has 4 heteroatoms. The molecular formula is C16H21N3S. The van der Waals surface area contributed by atoms with Crippen LogP contribution >= 0.6 is 11.8 Å². The lowest BCUT2D eigenvalue weighted by molar-refractivity contribution is 0.473. The summed E-state index contributed by atoms with van der Waals surface area (Å²) in [5, 5.41) is 6.75.